The number of allylic oxidation sites excluding steroid dienone is 1. The fourth-order valence-electron chi connectivity index (χ4n) is 1.76. The summed E-state index contributed by atoms with van der Waals surface area (Å²) in [5, 5.41) is 3.45. The minimum Gasteiger partial charge on any atom is -0.497 e. The zero-order valence-electron chi connectivity index (χ0n) is 9.97. The van der Waals surface area contributed by atoms with Crippen molar-refractivity contribution in [1.29, 1.82) is 0 Å². The summed E-state index contributed by atoms with van der Waals surface area (Å²) in [6, 6.07) is 10.5. The Morgan fingerprint density at radius 1 is 1.29 bits per heavy atom. The van der Waals surface area contributed by atoms with Gasteiger partial charge < -0.3 is 10.1 Å². The first kappa shape index (κ1) is 12.5. The van der Waals surface area contributed by atoms with E-state index in [1.807, 2.05) is 18.0 Å². The maximum absolute atomic E-state index is 5.49. The van der Waals surface area contributed by atoms with E-state index >= 15 is 0 Å². The van der Waals surface area contributed by atoms with Crippen molar-refractivity contribution in [3.05, 3.63) is 42.7 Å². The number of rotatable bonds is 6. The fourth-order valence-corrected chi connectivity index (χ4v) is 2.59. The summed E-state index contributed by atoms with van der Waals surface area (Å²) in [5.41, 5.74) is 0. The third-order valence-electron chi connectivity index (χ3n) is 2.69. The van der Waals surface area contributed by atoms with E-state index in [1.165, 1.54) is 4.90 Å². The standard InChI is InChI=1S/C14H19NOS/c1-2-7-14(8-3-1)17-11-9-15-12-13-6-4-5-10-16-13/h1-3,5,7-8,10,13,15H,4,6,9,11-12H2. The third kappa shape index (κ3) is 4.84. The van der Waals surface area contributed by atoms with Gasteiger partial charge in [0.15, 0.2) is 0 Å². The lowest BCUT2D eigenvalue weighted by Crippen LogP contribution is -2.30. The normalized spacial score (nSPS) is 18.9. The molecule has 0 fully saturated rings. The minimum atomic E-state index is 0.363. The van der Waals surface area contributed by atoms with E-state index in [1.54, 1.807) is 0 Å². The first-order valence-corrected chi connectivity index (χ1v) is 7.13. The molecular formula is C14H19NOS. The Kier molecular flexibility index (Phi) is 5.46. The molecule has 3 heteroatoms. The molecule has 0 amide bonds. The predicted molar refractivity (Wildman–Crippen MR) is 73.3 cm³/mol. The molecule has 1 aromatic rings. The van der Waals surface area contributed by atoms with Crippen LogP contribution in [0.1, 0.15) is 12.8 Å². The molecule has 0 bridgehead atoms. The van der Waals surface area contributed by atoms with Crippen molar-refractivity contribution >= 4 is 11.8 Å². The monoisotopic (exact) mass is 249 g/mol. The van der Waals surface area contributed by atoms with E-state index in [9.17, 15) is 0 Å². The van der Waals surface area contributed by atoms with Crippen molar-refractivity contribution in [2.45, 2.75) is 23.8 Å². The first-order valence-electron chi connectivity index (χ1n) is 6.14. The number of hydrogen-bond acceptors (Lipinski definition) is 3. The zero-order valence-corrected chi connectivity index (χ0v) is 10.8. The van der Waals surface area contributed by atoms with Crippen molar-refractivity contribution in [2.75, 3.05) is 18.8 Å². The maximum atomic E-state index is 5.49. The topological polar surface area (TPSA) is 21.3 Å². The molecule has 1 aliphatic rings. The Morgan fingerprint density at radius 3 is 2.94 bits per heavy atom. The Hall–Kier alpha value is -0.930. The molecule has 1 heterocycles. The van der Waals surface area contributed by atoms with Crippen LogP contribution in [0, 0.1) is 0 Å². The molecule has 2 rings (SSSR count). The Labute approximate surface area is 107 Å². The van der Waals surface area contributed by atoms with Gasteiger partial charge in [-0.05, 0) is 31.1 Å². The van der Waals surface area contributed by atoms with Crippen LogP contribution in [0.2, 0.25) is 0 Å². The van der Waals surface area contributed by atoms with E-state index in [4.69, 9.17) is 4.74 Å². The van der Waals surface area contributed by atoms with Crippen LogP contribution in [0.4, 0.5) is 0 Å². The fraction of sp³-hybridized carbons (Fsp3) is 0.429. The van der Waals surface area contributed by atoms with Crippen LogP contribution in [-0.2, 0) is 4.74 Å². The van der Waals surface area contributed by atoms with Gasteiger partial charge in [-0.25, -0.2) is 0 Å². The van der Waals surface area contributed by atoms with Crippen molar-refractivity contribution in [3.8, 4) is 0 Å². The van der Waals surface area contributed by atoms with Gasteiger partial charge in [-0.1, -0.05) is 18.2 Å². The number of ether oxygens (including phenoxy) is 1. The molecule has 0 spiro atoms. The Morgan fingerprint density at radius 2 is 2.18 bits per heavy atom. The summed E-state index contributed by atoms with van der Waals surface area (Å²) >= 11 is 1.89. The molecule has 0 aliphatic carbocycles. The molecule has 0 saturated heterocycles. The number of hydrogen-bond donors (Lipinski definition) is 1. The number of thioether (sulfide) groups is 1. The van der Waals surface area contributed by atoms with Crippen LogP contribution in [0.15, 0.2) is 47.6 Å². The summed E-state index contributed by atoms with van der Waals surface area (Å²) in [7, 11) is 0. The Balaban J connectivity index is 1.53. The maximum Gasteiger partial charge on any atom is 0.110 e. The summed E-state index contributed by atoms with van der Waals surface area (Å²) < 4.78 is 5.49. The van der Waals surface area contributed by atoms with Crippen LogP contribution in [0.3, 0.4) is 0 Å². The zero-order chi connectivity index (χ0) is 11.8. The summed E-state index contributed by atoms with van der Waals surface area (Å²) in [4.78, 5) is 1.34. The van der Waals surface area contributed by atoms with E-state index in [0.29, 0.717) is 6.10 Å². The third-order valence-corrected chi connectivity index (χ3v) is 3.70. The van der Waals surface area contributed by atoms with Crippen LogP contribution in [0.5, 0.6) is 0 Å². The van der Waals surface area contributed by atoms with E-state index in [2.05, 4.69) is 41.7 Å². The molecule has 0 aromatic heterocycles. The molecule has 1 aromatic carbocycles. The molecule has 2 nitrogen and oxygen atoms in total. The summed E-state index contributed by atoms with van der Waals surface area (Å²) in [6.07, 6.45) is 6.55. The van der Waals surface area contributed by atoms with Gasteiger partial charge in [0, 0.05) is 23.7 Å². The lowest BCUT2D eigenvalue weighted by molar-refractivity contribution is 0.123. The molecule has 1 aliphatic heterocycles. The van der Waals surface area contributed by atoms with E-state index < -0.39 is 0 Å². The second kappa shape index (κ2) is 7.41. The second-order valence-electron chi connectivity index (χ2n) is 4.07. The molecule has 0 radical (unpaired) electrons. The Bertz CT molecular complexity index is 339. The van der Waals surface area contributed by atoms with Gasteiger partial charge in [-0.15, -0.1) is 11.8 Å². The molecule has 17 heavy (non-hydrogen) atoms. The van der Waals surface area contributed by atoms with Crippen molar-refractivity contribution in [3.63, 3.8) is 0 Å². The van der Waals surface area contributed by atoms with Crippen LogP contribution in [-0.4, -0.2) is 24.9 Å². The average Bonchev–Trinajstić information content (AvgIpc) is 2.41. The smallest absolute Gasteiger partial charge is 0.110 e. The second-order valence-corrected chi connectivity index (χ2v) is 5.24. The average molecular weight is 249 g/mol. The molecule has 1 atom stereocenters. The highest BCUT2D eigenvalue weighted by atomic mass is 32.2. The van der Waals surface area contributed by atoms with Gasteiger partial charge in [-0.2, -0.15) is 0 Å². The van der Waals surface area contributed by atoms with Gasteiger partial charge in [-0.3, -0.25) is 0 Å². The quantitative estimate of drug-likeness (QED) is 0.618. The molecule has 1 N–H and O–H groups in total. The predicted octanol–water partition coefficient (Wildman–Crippen LogP) is 3.06. The highest BCUT2D eigenvalue weighted by molar-refractivity contribution is 7.99. The molecule has 1 unspecified atom stereocenters. The summed E-state index contributed by atoms with van der Waals surface area (Å²) in [6.45, 7) is 1.99. The van der Waals surface area contributed by atoms with Crippen LogP contribution < -0.4 is 5.32 Å². The lowest BCUT2D eigenvalue weighted by atomic mass is 10.1. The molecule has 92 valence electrons. The van der Waals surface area contributed by atoms with Crippen molar-refractivity contribution in [1.82, 2.24) is 5.32 Å². The molecular weight excluding hydrogens is 230 g/mol. The van der Waals surface area contributed by atoms with Crippen LogP contribution in [0.25, 0.3) is 0 Å². The largest absolute Gasteiger partial charge is 0.497 e. The van der Waals surface area contributed by atoms with Gasteiger partial charge in [0.05, 0.1) is 6.26 Å². The van der Waals surface area contributed by atoms with Crippen molar-refractivity contribution < 1.29 is 4.74 Å². The minimum absolute atomic E-state index is 0.363. The summed E-state index contributed by atoms with van der Waals surface area (Å²) in [5.74, 6) is 1.10. The number of benzene rings is 1. The number of nitrogens with one attached hydrogen (secondary N) is 1. The highest BCUT2D eigenvalue weighted by Gasteiger charge is 2.09. The SMILES string of the molecule is C1=COC(CNCCSc2ccccc2)CC1. The molecule has 0 saturated carbocycles. The highest BCUT2D eigenvalue weighted by Crippen LogP contribution is 2.15. The first-order chi connectivity index (χ1) is 8.45. The lowest BCUT2D eigenvalue weighted by Gasteiger charge is -2.19. The van der Waals surface area contributed by atoms with Gasteiger partial charge in [0.25, 0.3) is 0 Å². The van der Waals surface area contributed by atoms with Crippen molar-refractivity contribution in [2.24, 2.45) is 0 Å². The van der Waals surface area contributed by atoms with E-state index in [0.717, 1.165) is 31.7 Å². The van der Waals surface area contributed by atoms with E-state index in [-0.39, 0.29) is 0 Å². The van der Waals surface area contributed by atoms with Gasteiger partial charge in [0.2, 0.25) is 0 Å². The van der Waals surface area contributed by atoms with Gasteiger partial charge in [0.1, 0.15) is 6.10 Å². The van der Waals surface area contributed by atoms with Crippen LogP contribution >= 0.6 is 11.8 Å². The van der Waals surface area contributed by atoms with Gasteiger partial charge >= 0.3 is 0 Å².